The maximum absolute atomic E-state index is 11.3. The van der Waals surface area contributed by atoms with Crippen LogP contribution in [-0.4, -0.2) is 54.6 Å². The largest absolute Gasteiger partial charge is 0.317 e. The molecule has 0 spiro atoms. The number of unbranched alkanes of at least 4 members (excludes halogenated alkanes) is 3. The molecular weight excluding hydrogens is 354 g/mol. The van der Waals surface area contributed by atoms with Gasteiger partial charge in [0.25, 0.3) is 20.2 Å². The van der Waals surface area contributed by atoms with Gasteiger partial charge in [0.05, 0.1) is 24.7 Å². The molecule has 146 valence electrons. The topological polar surface area (TPSA) is 98.8 Å². The quantitative estimate of drug-likeness (QED) is 0.301. The van der Waals surface area contributed by atoms with Crippen molar-refractivity contribution in [2.24, 2.45) is 0 Å². The molecule has 0 radical (unpaired) electrons. The van der Waals surface area contributed by atoms with Gasteiger partial charge in [-0.2, -0.15) is 16.8 Å². The summed E-state index contributed by atoms with van der Waals surface area (Å²) < 4.78 is 55.0. The fourth-order valence-corrected chi connectivity index (χ4v) is 4.00. The minimum Gasteiger partial charge on any atom is -0.317 e. The number of hydrogen-bond donors (Lipinski definition) is 1. The maximum atomic E-state index is 11.3. The van der Waals surface area contributed by atoms with Gasteiger partial charge in [0, 0.05) is 0 Å². The van der Waals surface area contributed by atoms with E-state index >= 15 is 0 Å². The van der Waals surface area contributed by atoms with Gasteiger partial charge >= 0.3 is 0 Å². The zero-order valence-corrected chi connectivity index (χ0v) is 16.6. The lowest BCUT2D eigenvalue weighted by Gasteiger charge is -2.06. The first-order valence-electron chi connectivity index (χ1n) is 8.78. The highest BCUT2D eigenvalue weighted by atomic mass is 32.2. The highest BCUT2D eigenvalue weighted by Crippen LogP contribution is 2.03. The second kappa shape index (κ2) is 14.0. The van der Waals surface area contributed by atoms with Crippen molar-refractivity contribution in [1.82, 2.24) is 5.32 Å². The Balaban J connectivity index is 3.35. The fraction of sp³-hybridized carbons (Fsp3) is 1.00. The standard InChI is InChI=1S/C15H33NO6S2/c1-3-14-23(17,18)21-12-8-6-5-7-10-16-11-9-13-22-24(19,20)15-4-2/h16H,3-15H2,1-2H3. The van der Waals surface area contributed by atoms with Crippen molar-refractivity contribution < 1.29 is 25.2 Å². The molecule has 24 heavy (non-hydrogen) atoms. The van der Waals surface area contributed by atoms with Crippen molar-refractivity contribution in [3.05, 3.63) is 0 Å². The molecule has 0 aliphatic heterocycles. The molecule has 0 rings (SSSR count). The molecule has 0 aromatic heterocycles. The van der Waals surface area contributed by atoms with Crippen molar-refractivity contribution in [3.63, 3.8) is 0 Å². The Labute approximate surface area is 147 Å². The molecule has 9 heteroatoms. The van der Waals surface area contributed by atoms with Crippen LogP contribution in [0.15, 0.2) is 0 Å². The summed E-state index contributed by atoms with van der Waals surface area (Å²) in [5.41, 5.74) is 0. The van der Waals surface area contributed by atoms with Gasteiger partial charge in [-0.1, -0.05) is 26.7 Å². The van der Waals surface area contributed by atoms with Gasteiger partial charge in [0.1, 0.15) is 0 Å². The molecule has 0 atom stereocenters. The first kappa shape index (κ1) is 23.8. The Hall–Kier alpha value is -0.220. The summed E-state index contributed by atoms with van der Waals surface area (Å²) in [5, 5.41) is 3.23. The smallest absolute Gasteiger partial charge is 0.267 e. The predicted octanol–water partition coefficient (Wildman–Crippen LogP) is 2.04. The van der Waals surface area contributed by atoms with Gasteiger partial charge in [-0.3, -0.25) is 8.37 Å². The van der Waals surface area contributed by atoms with Gasteiger partial charge in [-0.05, 0) is 45.2 Å². The fourth-order valence-electron chi connectivity index (χ4n) is 2.02. The summed E-state index contributed by atoms with van der Waals surface area (Å²) in [6.07, 6.45) is 5.47. The average Bonchev–Trinajstić information content (AvgIpc) is 2.48. The van der Waals surface area contributed by atoms with Crippen molar-refractivity contribution in [1.29, 1.82) is 0 Å². The molecule has 7 nitrogen and oxygen atoms in total. The van der Waals surface area contributed by atoms with Crippen molar-refractivity contribution in [2.75, 3.05) is 37.8 Å². The van der Waals surface area contributed by atoms with Gasteiger partial charge in [-0.15, -0.1) is 0 Å². The third-order valence-electron chi connectivity index (χ3n) is 3.18. The van der Waals surface area contributed by atoms with Crippen molar-refractivity contribution in [2.45, 2.75) is 58.8 Å². The highest BCUT2D eigenvalue weighted by molar-refractivity contribution is 7.86. The summed E-state index contributed by atoms with van der Waals surface area (Å²) in [6, 6.07) is 0. The van der Waals surface area contributed by atoms with E-state index in [9.17, 15) is 16.8 Å². The summed E-state index contributed by atoms with van der Waals surface area (Å²) in [5.74, 6) is 0.157. The van der Waals surface area contributed by atoms with Crippen LogP contribution in [0.2, 0.25) is 0 Å². The molecule has 0 saturated carbocycles. The molecule has 0 aliphatic carbocycles. The normalized spacial score (nSPS) is 12.6. The first-order valence-corrected chi connectivity index (χ1v) is 11.9. The van der Waals surface area contributed by atoms with E-state index in [1.807, 2.05) is 6.92 Å². The van der Waals surface area contributed by atoms with Gasteiger partial charge < -0.3 is 5.32 Å². The molecule has 1 N–H and O–H groups in total. The van der Waals surface area contributed by atoms with Crippen LogP contribution in [0.25, 0.3) is 0 Å². The van der Waals surface area contributed by atoms with Crippen molar-refractivity contribution >= 4 is 20.2 Å². The molecule has 0 saturated heterocycles. The van der Waals surface area contributed by atoms with Gasteiger partial charge in [0.15, 0.2) is 0 Å². The Morgan fingerprint density at radius 2 is 1.12 bits per heavy atom. The monoisotopic (exact) mass is 387 g/mol. The third kappa shape index (κ3) is 15.3. The van der Waals surface area contributed by atoms with E-state index in [4.69, 9.17) is 8.37 Å². The van der Waals surface area contributed by atoms with Crippen LogP contribution in [0.4, 0.5) is 0 Å². The zero-order valence-electron chi connectivity index (χ0n) is 15.0. The molecule has 0 fully saturated rings. The number of hydrogen-bond acceptors (Lipinski definition) is 7. The highest BCUT2D eigenvalue weighted by Gasteiger charge is 2.09. The lowest BCUT2D eigenvalue weighted by Crippen LogP contribution is -2.19. The molecule has 0 aromatic carbocycles. The third-order valence-corrected chi connectivity index (χ3v) is 6.05. The number of rotatable bonds is 17. The summed E-state index contributed by atoms with van der Waals surface area (Å²) in [4.78, 5) is 0. The van der Waals surface area contributed by atoms with Gasteiger partial charge in [-0.25, -0.2) is 0 Å². The van der Waals surface area contributed by atoms with E-state index < -0.39 is 20.2 Å². The van der Waals surface area contributed by atoms with Crippen LogP contribution in [0.3, 0.4) is 0 Å². The van der Waals surface area contributed by atoms with E-state index in [1.54, 1.807) is 6.92 Å². The van der Waals surface area contributed by atoms with E-state index in [1.165, 1.54) is 0 Å². The minimum absolute atomic E-state index is 0.0733. The van der Waals surface area contributed by atoms with Crippen LogP contribution in [0, 0.1) is 0 Å². The Kier molecular flexibility index (Phi) is 13.9. The Morgan fingerprint density at radius 1 is 0.667 bits per heavy atom. The minimum atomic E-state index is -3.34. The average molecular weight is 388 g/mol. The summed E-state index contributed by atoms with van der Waals surface area (Å²) >= 11 is 0. The lowest BCUT2D eigenvalue weighted by molar-refractivity contribution is 0.304. The van der Waals surface area contributed by atoms with E-state index in [0.717, 1.165) is 38.8 Å². The van der Waals surface area contributed by atoms with Crippen LogP contribution in [0.1, 0.15) is 58.8 Å². The summed E-state index contributed by atoms with van der Waals surface area (Å²) in [7, 11) is -6.66. The van der Waals surface area contributed by atoms with Crippen LogP contribution in [-0.2, 0) is 28.6 Å². The second-order valence-corrected chi connectivity index (χ2v) is 9.20. The predicted molar refractivity (Wildman–Crippen MR) is 96.0 cm³/mol. The molecule has 0 heterocycles. The Morgan fingerprint density at radius 3 is 1.67 bits per heavy atom. The SMILES string of the molecule is CCCS(=O)(=O)OCCCCCCNCCCOS(=O)(=O)CCC. The first-order chi connectivity index (χ1) is 11.3. The maximum Gasteiger partial charge on any atom is 0.267 e. The van der Waals surface area contributed by atoms with Crippen molar-refractivity contribution in [3.8, 4) is 0 Å². The van der Waals surface area contributed by atoms with E-state index in [-0.39, 0.29) is 24.7 Å². The molecular formula is C15H33NO6S2. The van der Waals surface area contributed by atoms with Crippen LogP contribution in [0.5, 0.6) is 0 Å². The van der Waals surface area contributed by atoms with Crippen LogP contribution >= 0.6 is 0 Å². The molecule has 0 amide bonds. The molecule has 0 aromatic rings. The second-order valence-electron chi connectivity index (χ2n) is 5.69. The zero-order chi connectivity index (χ0) is 18.3. The Bertz CT molecular complexity index is 444. The van der Waals surface area contributed by atoms with E-state index in [0.29, 0.717) is 19.3 Å². The van der Waals surface area contributed by atoms with E-state index in [2.05, 4.69) is 5.32 Å². The summed E-state index contributed by atoms with van der Waals surface area (Å²) in [6.45, 7) is 5.68. The van der Waals surface area contributed by atoms with Gasteiger partial charge in [0.2, 0.25) is 0 Å². The number of nitrogens with one attached hydrogen (secondary N) is 1. The molecule has 0 bridgehead atoms. The lowest BCUT2D eigenvalue weighted by atomic mass is 10.2. The molecule has 0 unspecified atom stereocenters. The van der Waals surface area contributed by atoms with Crippen LogP contribution < -0.4 is 5.32 Å². The molecule has 0 aliphatic rings.